The molecular weight excluding hydrogens is 311 g/mol. The Kier molecular flexibility index (Phi) is 7.55. The molecule has 0 amide bonds. The van der Waals surface area contributed by atoms with E-state index in [1.54, 1.807) is 26.8 Å². The highest BCUT2D eigenvalue weighted by Crippen LogP contribution is 2.57. The van der Waals surface area contributed by atoms with Crippen LogP contribution >= 0.6 is 7.60 Å². The molecule has 7 nitrogen and oxygen atoms in total. The van der Waals surface area contributed by atoms with Crippen LogP contribution in [0.3, 0.4) is 0 Å². The molecule has 8 heteroatoms. The van der Waals surface area contributed by atoms with Crippen molar-refractivity contribution in [2.24, 2.45) is 0 Å². The molecule has 0 spiro atoms. The Morgan fingerprint density at radius 1 is 1.23 bits per heavy atom. The molecule has 1 N–H and O–H groups in total. The van der Waals surface area contributed by atoms with Crippen LogP contribution in [0.2, 0.25) is 0 Å². The Morgan fingerprint density at radius 2 is 1.86 bits per heavy atom. The van der Waals surface area contributed by atoms with Crippen LogP contribution in [0.1, 0.15) is 32.3 Å². The Balaban J connectivity index is 3.26. The van der Waals surface area contributed by atoms with Crippen molar-refractivity contribution in [1.29, 1.82) is 0 Å². The minimum atomic E-state index is -3.82. The fourth-order valence-corrected chi connectivity index (χ4v) is 3.27. The first-order valence-electron chi connectivity index (χ1n) is 6.98. The summed E-state index contributed by atoms with van der Waals surface area (Å²) in [6.45, 7) is 4.97. The largest absolute Gasteiger partial charge is 0.462 e. The van der Waals surface area contributed by atoms with E-state index in [4.69, 9.17) is 23.3 Å². The molecule has 0 bridgehead atoms. The first-order chi connectivity index (χ1) is 10.5. The predicted octanol–water partition coefficient (Wildman–Crippen LogP) is 2.94. The van der Waals surface area contributed by atoms with Gasteiger partial charge in [-0.05, 0) is 32.9 Å². The molecule has 0 aliphatic rings. The average Bonchev–Trinajstić information content (AvgIpc) is 2.93. The summed E-state index contributed by atoms with van der Waals surface area (Å²) in [5, 5.41) is 8.76. The highest BCUT2D eigenvalue weighted by Gasteiger charge is 2.36. The summed E-state index contributed by atoms with van der Waals surface area (Å²) in [4.78, 5) is 12.1. The molecule has 0 saturated carbocycles. The van der Waals surface area contributed by atoms with E-state index in [9.17, 15) is 9.36 Å². The molecule has 1 aromatic rings. The van der Waals surface area contributed by atoms with Crippen molar-refractivity contribution in [1.82, 2.24) is 0 Å². The second kappa shape index (κ2) is 8.90. The molecule has 0 aliphatic carbocycles. The van der Waals surface area contributed by atoms with E-state index in [1.807, 2.05) is 0 Å². The smallest absolute Gasteiger partial charge is 0.368 e. The van der Waals surface area contributed by atoms with Gasteiger partial charge < -0.3 is 23.3 Å². The van der Waals surface area contributed by atoms with Crippen LogP contribution in [0, 0.1) is 0 Å². The predicted molar refractivity (Wildman–Crippen MR) is 80.1 cm³/mol. The molecule has 0 radical (unpaired) electrons. The van der Waals surface area contributed by atoms with Gasteiger partial charge in [-0.15, -0.1) is 0 Å². The third-order valence-corrected chi connectivity index (χ3v) is 4.59. The molecule has 0 unspecified atom stereocenters. The number of rotatable bonds is 9. The van der Waals surface area contributed by atoms with E-state index in [1.165, 1.54) is 12.1 Å². The highest BCUT2D eigenvalue weighted by atomic mass is 31.2. The number of carbonyl (C=O) groups excluding carboxylic acids is 1. The summed E-state index contributed by atoms with van der Waals surface area (Å²) in [6, 6.07) is 3.08. The molecule has 0 fully saturated rings. The molecule has 1 aromatic heterocycles. The Hall–Kier alpha value is -1.40. The zero-order chi connectivity index (χ0) is 16.6. The van der Waals surface area contributed by atoms with E-state index in [-0.39, 0.29) is 37.5 Å². The van der Waals surface area contributed by atoms with Crippen molar-refractivity contribution in [3.05, 3.63) is 29.0 Å². The summed E-state index contributed by atoms with van der Waals surface area (Å²) in [6.07, 6.45) is 1.25. The molecule has 0 aromatic carbocycles. The summed E-state index contributed by atoms with van der Waals surface area (Å²) in [7, 11) is -3.82. The maximum atomic E-state index is 12.8. The second-order valence-electron chi connectivity index (χ2n) is 4.05. The number of hydrogen-bond donors (Lipinski definition) is 1. The number of furan rings is 1. The molecule has 0 aliphatic heterocycles. The molecule has 1 heterocycles. The van der Waals surface area contributed by atoms with Gasteiger partial charge >= 0.3 is 13.6 Å². The standard InChI is InChI=1S/C14H21O7P/c1-4-18-14(16)13(22(17,19-5-2)20-6-3)9-11-7-8-12(10-15)21-11/h7-9,15H,4-6,10H2,1-3H3/b13-9+. The normalized spacial score (nSPS) is 12.5. The van der Waals surface area contributed by atoms with Crippen molar-refractivity contribution in [3.8, 4) is 0 Å². The van der Waals surface area contributed by atoms with Crippen LogP contribution < -0.4 is 0 Å². The number of hydrogen-bond acceptors (Lipinski definition) is 7. The first-order valence-corrected chi connectivity index (χ1v) is 8.53. The van der Waals surface area contributed by atoms with E-state index in [0.29, 0.717) is 5.76 Å². The SMILES string of the molecule is CCOC(=O)/C(=C\c1ccc(CO)o1)P(=O)(OCC)OCC. The van der Waals surface area contributed by atoms with Crippen molar-refractivity contribution >= 4 is 19.6 Å². The molecule has 0 atom stereocenters. The maximum Gasteiger partial charge on any atom is 0.368 e. The van der Waals surface area contributed by atoms with Gasteiger partial charge in [0, 0.05) is 6.08 Å². The Morgan fingerprint density at radius 3 is 2.32 bits per heavy atom. The maximum absolute atomic E-state index is 12.8. The fraction of sp³-hybridized carbons (Fsp3) is 0.500. The zero-order valence-electron chi connectivity index (χ0n) is 12.9. The minimum Gasteiger partial charge on any atom is -0.462 e. The number of ether oxygens (including phenoxy) is 1. The van der Waals surface area contributed by atoms with Crippen molar-refractivity contribution < 1.29 is 32.7 Å². The third kappa shape index (κ3) is 4.81. The molecule has 1 rings (SSSR count). The average molecular weight is 332 g/mol. The van der Waals surface area contributed by atoms with Gasteiger partial charge in [-0.25, -0.2) is 4.79 Å². The van der Waals surface area contributed by atoms with Crippen LogP contribution in [0.5, 0.6) is 0 Å². The lowest BCUT2D eigenvalue weighted by Crippen LogP contribution is -2.11. The van der Waals surface area contributed by atoms with Crippen LogP contribution in [-0.2, 0) is 29.8 Å². The van der Waals surface area contributed by atoms with Gasteiger partial charge in [-0.3, -0.25) is 4.57 Å². The topological polar surface area (TPSA) is 95.2 Å². The van der Waals surface area contributed by atoms with Gasteiger partial charge in [-0.2, -0.15) is 0 Å². The van der Waals surface area contributed by atoms with Crippen LogP contribution in [0.4, 0.5) is 0 Å². The van der Waals surface area contributed by atoms with Crippen LogP contribution in [-0.4, -0.2) is 30.9 Å². The van der Waals surface area contributed by atoms with Gasteiger partial charge in [0.1, 0.15) is 18.1 Å². The molecule has 22 heavy (non-hydrogen) atoms. The number of aliphatic hydroxyl groups excluding tert-OH is 1. The van der Waals surface area contributed by atoms with E-state index in [0.717, 1.165) is 0 Å². The summed E-state index contributed by atoms with van der Waals surface area (Å²) in [5.74, 6) is -0.237. The molecular formula is C14H21O7P. The van der Waals surface area contributed by atoms with Crippen LogP contribution in [0.15, 0.2) is 21.9 Å². The summed E-state index contributed by atoms with van der Waals surface area (Å²) < 4.78 is 33.4. The lowest BCUT2D eigenvalue weighted by molar-refractivity contribution is -0.137. The lowest BCUT2D eigenvalue weighted by Gasteiger charge is -2.18. The zero-order valence-corrected chi connectivity index (χ0v) is 13.8. The molecule has 0 saturated heterocycles. The van der Waals surface area contributed by atoms with Crippen molar-refractivity contribution in [2.45, 2.75) is 27.4 Å². The minimum absolute atomic E-state index is 0.105. The van der Waals surface area contributed by atoms with Gasteiger partial charge in [0.2, 0.25) is 0 Å². The second-order valence-corrected chi connectivity index (χ2v) is 6.04. The Bertz CT molecular complexity index is 551. The van der Waals surface area contributed by atoms with E-state index >= 15 is 0 Å². The number of aliphatic hydroxyl groups is 1. The van der Waals surface area contributed by atoms with E-state index < -0.39 is 13.6 Å². The van der Waals surface area contributed by atoms with Gasteiger partial charge in [0.15, 0.2) is 5.31 Å². The lowest BCUT2D eigenvalue weighted by atomic mass is 10.4. The van der Waals surface area contributed by atoms with Crippen molar-refractivity contribution in [3.63, 3.8) is 0 Å². The van der Waals surface area contributed by atoms with Gasteiger partial charge in [-0.1, -0.05) is 0 Å². The first kappa shape index (κ1) is 18.6. The van der Waals surface area contributed by atoms with Crippen LogP contribution in [0.25, 0.3) is 6.08 Å². The highest BCUT2D eigenvalue weighted by molar-refractivity contribution is 7.60. The molecule has 124 valence electrons. The summed E-state index contributed by atoms with van der Waals surface area (Å²) >= 11 is 0. The number of carbonyl (C=O) groups is 1. The Labute approximate surface area is 129 Å². The summed E-state index contributed by atoms with van der Waals surface area (Å²) in [5.41, 5.74) is 0. The van der Waals surface area contributed by atoms with Gasteiger partial charge in [0.25, 0.3) is 0 Å². The fourth-order valence-electron chi connectivity index (χ4n) is 1.66. The quantitative estimate of drug-likeness (QED) is 0.422. The third-order valence-electron chi connectivity index (χ3n) is 2.49. The van der Waals surface area contributed by atoms with Crippen molar-refractivity contribution in [2.75, 3.05) is 19.8 Å². The van der Waals surface area contributed by atoms with E-state index in [2.05, 4.69) is 0 Å². The monoisotopic (exact) mass is 332 g/mol. The number of esters is 1. The van der Waals surface area contributed by atoms with Gasteiger partial charge in [0.05, 0.1) is 19.8 Å².